The van der Waals surface area contributed by atoms with E-state index in [1.54, 1.807) is 33.8 Å². The molecule has 0 unspecified atom stereocenters. The topological polar surface area (TPSA) is 136 Å². The van der Waals surface area contributed by atoms with E-state index >= 15 is 0 Å². The zero-order valence-electron chi connectivity index (χ0n) is 20.7. The number of amides is 1. The summed E-state index contributed by atoms with van der Waals surface area (Å²) in [6.07, 6.45) is 4.28. The molecule has 5 rings (SSSR count). The fourth-order valence-corrected chi connectivity index (χ4v) is 5.65. The summed E-state index contributed by atoms with van der Waals surface area (Å²) >= 11 is 0. The van der Waals surface area contributed by atoms with Crippen molar-refractivity contribution in [2.45, 2.75) is 30.3 Å². The molecule has 13 heteroatoms. The molecule has 202 valence electrons. The van der Waals surface area contributed by atoms with Crippen molar-refractivity contribution >= 4 is 32.8 Å². The molecule has 1 saturated heterocycles. The monoisotopic (exact) mass is 553 g/mol. The molecule has 0 spiro atoms. The third-order valence-electron chi connectivity index (χ3n) is 6.64. The van der Waals surface area contributed by atoms with E-state index in [2.05, 4.69) is 21.3 Å². The number of fused-ring (bicyclic) bond motifs is 1. The van der Waals surface area contributed by atoms with Gasteiger partial charge in [0.05, 0.1) is 16.3 Å². The van der Waals surface area contributed by atoms with Gasteiger partial charge in [-0.3, -0.25) is 4.79 Å². The summed E-state index contributed by atoms with van der Waals surface area (Å²) in [5.74, 6) is -2.25. The molecule has 0 aliphatic carbocycles. The number of nitrogen functional groups attached to an aromatic ring is 1. The van der Waals surface area contributed by atoms with Crippen molar-refractivity contribution in [2.75, 3.05) is 18.8 Å². The Labute approximate surface area is 223 Å². The van der Waals surface area contributed by atoms with Crippen LogP contribution in [-0.2, 0) is 21.4 Å². The third kappa shape index (κ3) is 5.22. The second kappa shape index (κ2) is 10.5. The Morgan fingerprint density at radius 1 is 1.15 bits per heavy atom. The van der Waals surface area contributed by atoms with Gasteiger partial charge in [0.25, 0.3) is 0 Å². The molecule has 2 aromatic heterocycles. The Morgan fingerprint density at radius 3 is 2.64 bits per heavy atom. The molecule has 4 aromatic rings. The van der Waals surface area contributed by atoms with E-state index in [9.17, 15) is 22.0 Å². The largest absolute Gasteiger partial charge is 0.383 e. The van der Waals surface area contributed by atoms with Gasteiger partial charge in [0.2, 0.25) is 15.9 Å². The van der Waals surface area contributed by atoms with Crippen molar-refractivity contribution in [2.24, 2.45) is 0 Å². The van der Waals surface area contributed by atoms with Crippen molar-refractivity contribution in [3.8, 4) is 11.3 Å². The number of nitrogens with zero attached hydrogens (tertiary/aromatic N) is 5. The molecule has 1 amide bonds. The van der Waals surface area contributed by atoms with Crippen LogP contribution in [0.5, 0.6) is 0 Å². The van der Waals surface area contributed by atoms with Crippen molar-refractivity contribution in [1.29, 1.82) is 0 Å². The number of sulfonamides is 1. The van der Waals surface area contributed by atoms with Crippen LogP contribution in [0.1, 0.15) is 24.4 Å². The fourth-order valence-electron chi connectivity index (χ4n) is 4.62. The van der Waals surface area contributed by atoms with Crippen LogP contribution >= 0.6 is 0 Å². The Kier molecular flexibility index (Phi) is 7.10. The fraction of sp³-hybridized carbons (Fsp3) is 0.231. The van der Waals surface area contributed by atoms with Gasteiger partial charge in [-0.1, -0.05) is 30.8 Å². The van der Waals surface area contributed by atoms with E-state index in [0.29, 0.717) is 47.0 Å². The SMILES string of the molecule is C=CC(=O)N1CCC[C@@H](n2nc(-c3ccc(CNS(=O)(=O)c4ccc(F)c(F)c4)cc3)c3c(N)ncnc32)C1. The van der Waals surface area contributed by atoms with Crippen LogP contribution in [0.2, 0.25) is 0 Å². The Bertz CT molecular complexity index is 1670. The van der Waals surface area contributed by atoms with Gasteiger partial charge < -0.3 is 10.6 Å². The molecular formula is C26H25F2N7O3S. The minimum Gasteiger partial charge on any atom is -0.383 e. The lowest BCUT2D eigenvalue weighted by molar-refractivity contribution is -0.127. The number of benzene rings is 2. The lowest BCUT2D eigenvalue weighted by Crippen LogP contribution is -2.40. The third-order valence-corrected chi connectivity index (χ3v) is 8.04. The molecule has 1 fully saturated rings. The Balaban J connectivity index is 1.40. The summed E-state index contributed by atoms with van der Waals surface area (Å²) in [6, 6.07) is 9.27. The van der Waals surface area contributed by atoms with Gasteiger partial charge in [0.1, 0.15) is 17.8 Å². The number of halogens is 2. The summed E-state index contributed by atoms with van der Waals surface area (Å²) in [7, 11) is -4.06. The highest BCUT2D eigenvalue weighted by atomic mass is 32.2. The molecule has 0 saturated carbocycles. The first-order valence-electron chi connectivity index (χ1n) is 12.1. The predicted octanol–water partition coefficient (Wildman–Crippen LogP) is 3.18. The van der Waals surface area contributed by atoms with Crippen LogP contribution < -0.4 is 10.5 Å². The van der Waals surface area contributed by atoms with E-state index in [-0.39, 0.29) is 29.2 Å². The maximum atomic E-state index is 13.5. The summed E-state index contributed by atoms with van der Waals surface area (Å²) < 4.78 is 55.9. The zero-order chi connectivity index (χ0) is 27.7. The summed E-state index contributed by atoms with van der Waals surface area (Å²) in [6.45, 7) is 4.61. The molecule has 10 nitrogen and oxygen atoms in total. The normalized spacial score (nSPS) is 15.9. The van der Waals surface area contributed by atoms with E-state index < -0.39 is 21.7 Å². The highest BCUT2D eigenvalue weighted by Crippen LogP contribution is 2.34. The van der Waals surface area contributed by atoms with Crippen molar-refractivity contribution in [3.05, 3.63) is 78.6 Å². The van der Waals surface area contributed by atoms with Crippen LogP contribution in [0, 0.1) is 11.6 Å². The standard InChI is InChI=1S/C26H25F2N7O3S/c1-2-22(36)34-11-3-4-18(14-34)35-26-23(25(29)30-15-31-26)24(33-35)17-7-5-16(6-8-17)13-32-39(37,38)19-9-10-20(27)21(28)12-19/h2,5-10,12,15,18,32H,1,3-4,11,13-14H2,(H2,29,30,31)/t18-/m1/s1. The Morgan fingerprint density at radius 2 is 1.92 bits per heavy atom. The van der Waals surface area contributed by atoms with Crippen LogP contribution in [-0.4, -0.2) is 52.1 Å². The molecule has 0 radical (unpaired) electrons. The highest BCUT2D eigenvalue weighted by Gasteiger charge is 2.28. The summed E-state index contributed by atoms with van der Waals surface area (Å²) in [5, 5.41) is 5.41. The number of rotatable bonds is 7. The number of carbonyl (C=O) groups excluding carboxylic acids is 1. The average molecular weight is 554 g/mol. The lowest BCUT2D eigenvalue weighted by atomic mass is 10.1. The molecule has 0 bridgehead atoms. The number of hydrogen-bond donors (Lipinski definition) is 2. The maximum Gasteiger partial charge on any atom is 0.246 e. The van der Waals surface area contributed by atoms with Gasteiger partial charge in [-0.25, -0.2) is 36.6 Å². The van der Waals surface area contributed by atoms with E-state index in [0.717, 1.165) is 25.0 Å². The van der Waals surface area contributed by atoms with E-state index in [4.69, 9.17) is 10.8 Å². The van der Waals surface area contributed by atoms with Crippen molar-refractivity contribution in [1.82, 2.24) is 29.4 Å². The van der Waals surface area contributed by atoms with Crippen LogP contribution in [0.15, 0.2) is 66.3 Å². The van der Waals surface area contributed by atoms with Gasteiger partial charge in [-0.15, -0.1) is 0 Å². The number of carbonyl (C=O) groups is 1. The number of piperidine rings is 1. The van der Waals surface area contributed by atoms with Crippen LogP contribution in [0.4, 0.5) is 14.6 Å². The zero-order valence-corrected chi connectivity index (χ0v) is 21.5. The first kappa shape index (κ1) is 26.4. The Hall–Kier alpha value is -4.23. The molecule has 1 aliphatic heterocycles. The van der Waals surface area contributed by atoms with E-state index in [1.807, 2.05) is 0 Å². The van der Waals surface area contributed by atoms with Crippen LogP contribution in [0.3, 0.4) is 0 Å². The van der Waals surface area contributed by atoms with Gasteiger partial charge in [0.15, 0.2) is 17.3 Å². The number of likely N-dealkylation sites (tertiary alicyclic amines) is 1. The lowest BCUT2D eigenvalue weighted by Gasteiger charge is -2.32. The smallest absolute Gasteiger partial charge is 0.246 e. The molecule has 39 heavy (non-hydrogen) atoms. The summed E-state index contributed by atoms with van der Waals surface area (Å²) in [5.41, 5.74) is 8.68. The first-order valence-corrected chi connectivity index (χ1v) is 13.6. The number of anilines is 1. The maximum absolute atomic E-state index is 13.5. The second-order valence-electron chi connectivity index (χ2n) is 9.13. The minimum absolute atomic E-state index is 0.0721. The minimum atomic E-state index is -4.06. The van der Waals surface area contributed by atoms with Gasteiger partial charge >= 0.3 is 0 Å². The van der Waals surface area contributed by atoms with E-state index in [1.165, 1.54) is 12.4 Å². The number of aromatic nitrogens is 4. The van der Waals surface area contributed by atoms with Gasteiger partial charge in [-0.05, 0) is 42.7 Å². The molecule has 2 aromatic carbocycles. The molecule has 1 atom stereocenters. The van der Waals surface area contributed by atoms with Crippen LogP contribution in [0.25, 0.3) is 22.3 Å². The number of nitrogens with two attached hydrogens (primary N) is 1. The quantitative estimate of drug-likeness (QED) is 0.336. The highest BCUT2D eigenvalue weighted by molar-refractivity contribution is 7.89. The van der Waals surface area contributed by atoms with Crippen molar-refractivity contribution in [3.63, 3.8) is 0 Å². The summed E-state index contributed by atoms with van der Waals surface area (Å²) in [4.78, 5) is 22.1. The molecule has 3 N–H and O–H groups in total. The van der Waals surface area contributed by atoms with Gasteiger partial charge in [-0.2, -0.15) is 5.10 Å². The average Bonchev–Trinajstić information content (AvgIpc) is 3.34. The number of hydrogen-bond acceptors (Lipinski definition) is 7. The first-order chi connectivity index (χ1) is 18.7. The second-order valence-corrected chi connectivity index (χ2v) is 10.9. The molecular weight excluding hydrogens is 528 g/mol. The molecule has 3 heterocycles. The number of nitrogens with one attached hydrogen (secondary N) is 1. The van der Waals surface area contributed by atoms with Crippen molar-refractivity contribution < 1.29 is 22.0 Å². The molecule has 1 aliphatic rings. The van der Waals surface area contributed by atoms with Gasteiger partial charge in [0, 0.05) is 25.2 Å². The predicted molar refractivity (Wildman–Crippen MR) is 141 cm³/mol.